The molecule has 2 unspecified atom stereocenters. The van der Waals surface area contributed by atoms with Gasteiger partial charge in [0, 0.05) is 30.8 Å². The summed E-state index contributed by atoms with van der Waals surface area (Å²) in [6.45, 7) is 3.56. The van der Waals surface area contributed by atoms with Crippen molar-refractivity contribution < 1.29 is 24.0 Å². The zero-order valence-electron chi connectivity index (χ0n) is 19.9. The third-order valence-electron chi connectivity index (χ3n) is 4.78. The molecule has 0 radical (unpaired) electrons. The fourth-order valence-corrected chi connectivity index (χ4v) is 3.50. The molecule has 0 bridgehead atoms. The molecular weight excluding hydrogens is 458 g/mol. The van der Waals surface area contributed by atoms with Gasteiger partial charge in [-0.3, -0.25) is 24.5 Å². The molecule has 0 fully saturated rings. The minimum atomic E-state index is -0.884. The van der Waals surface area contributed by atoms with Crippen LogP contribution in [0.2, 0.25) is 0 Å². The quantitative estimate of drug-likeness (QED) is 0.244. The normalized spacial score (nSPS) is 12.2. The molecule has 0 spiro atoms. The molecule has 0 saturated carbocycles. The van der Waals surface area contributed by atoms with E-state index in [0.717, 1.165) is 5.56 Å². The number of hydrogen-bond donors (Lipinski definition) is 5. The van der Waals surface area contributed by atoms with E-state index >= 15 is 0 Å². The van der Waals surface area contributed by atoms with E-state index in [0.29, 0.717) is 43.7 Å². The van der Waals surface area contributed by atoms with Crippen LogP contribution in [0.3, 0.4) is 0 Å². The van der Waals surface area contributed by atoms with Crippen LogP contribution >= 0.6 is 11.8 Å². The van der Waals surface area contributed by atoms with Gasteiger partial charge in [0.2, 0.25) is 11.8 Å². The Morgan fingerprint density at radius 2 is 1.71 bits per heavy atom. The number of thioether (sulfide) groups is 1. The SMILES string of the molecule is CCC(=O)NC(CCCCNC(=O)C(N)CSC)C(=O)NC(=O)Nc1ccc(CC(C)=O)cc1. The van der Waals surface area contributed by atoms with E-state index in [1.807, 2.05) is 6.26 Å². The van der Waals surface area contributed by atoms with Gasteiger partial charge < -0.3 is 21.7 Å². The number of hydrogen-bond acceptors (Lipinski definition) is 7. The highest BCUT2D eigenvalue weighted by Gasteiger charge is 2.22. The first-order valence-electron chi connectivity index (χ1n) is 11.2. The molecule has 1 rings (SSSR count). The number of carbonyl (C=O) groups excluding carboxylic acids is 5. The van der Waals surface area contributed by atoms with Gasteiger partial charge in [-0.25, -0.2) is 4.79 Å². The number of amides is 5. The number of anilines is 1. The molecule has 0 saturated heterocycles. The Balaban J connectivity index is 2.54. The lowest BCUT2D eigenvalue weighted by Crippen LogP contribution is -2.49. The highest BCUT2D eigenvalue weighted by atomic mass is 32.2. The molecule has 2 atom stereocenters. The van der Waals surface area contributed by atoms with E-state index in [1.54, 1.807) is 31.2 Å². The van der Waals surface area contributed by atoms with Crippen molar-refractivity contribution in [2.75, 3.05) is 23.9 Å². The van der Waals surface area contributed by atoms with Gasteiger partial charge in [-0.05, 0) is 50.1 Å². The van der Waals surface area contributed by atoms with Crippen LogP contribution in [0, 0.1) is 0 Å². The van der Waals surface area contributed by atoms with Crippen molar-refractivity contribution in [1.29, 1.82) is 0 Å². The maximum Gasteiger partial charge on any atom is 0.325 e. The largest absolute Gasteiger partial charge is 0.355 e. The number of Topliss-reactive ketones (excluding diaryl/α,β-unsaturated/α-hetero) is 1. The number of imide groups is 1. The van der Waals surface area contributed by atoms with Gasteiger partial charge in [0.05, 0.1) is 6.04 Å². The molecule has 0 aliphatic carbocycles. The topological polar surface area (TPSA) is 159 Å². The Hall–Kier alpha value is -2.92. The highest BCUT2D eigenvalue weighted by molar-refractivity contribution is 7.98. The molecule has 11 heteroatoms. The lowest BCUT2D eigenvalue weighted by molar-refractivity contribution is -0.128. The summed E-state index contributed by atoms with van der Waals surface area (Å²) in [6.07, 6.45) is 3.80. The molecule has 0 heterocycles. The summed E-state index contributed by atoms with van der Waals surface area (Å²) in [4.78, 5) is 59.7. The maximum absolute atomic E-state index is 12.6. The number of nitrogens with one attached hydrogen (secondary N) is 4. The van der Waals surface area contributed by atoms with Crippen LogP contribution in [0.1, 0.15) is 45.1 Å². The predicted molar refractivity (Wildman–Crippen MR) is 133 cm³/mol. The molecule has 188 valence electrons. The molecule has 0 aliphatic heterocycles. The maximum atomic E-state index is 12.6. The van der Waals surface area contributed by atoms with Gasteiger partial charge in [-0.1, -0.05) is 19.1 Å². The Morgan fingerprint density at radius 1 is 1.03 bits per heavy atom. The molecule has 0 aromatic heterocycles. The summed E-state index contributed by atoms with van der Waals surface area (Å²) >= 11 is 1.49. The van der Waals surface area contributed by atoms with Crippen molar-refractivity contribution in [2.24, 2.45) is 5.73 Å². The molecule has 10 nitrogen and oxygen atoms in total. The van der Waals surface area contributed by atoms with Crippen LogP contribution in [0.5, 0.6) is 0 Å². The van der Waals surface area contributed by atoms with Gasteiger partial charge >= 0.3 is 6.03 Å². The van der Waals surface area contributed by atoms with Crippen molar-refractivity contribution >= 4 is 47.0 Å². The van der Waals surface area contributed by atoms with Gasteiger partial charge in [0.25, 0.3) is 5.91 Å². The van der Waals surface area contributed by atoms with Crippen molar-refractivity contribution in [2.45, 2.75) is 58.0 Å². The number of unbranched alkanes of at least 4 members (excludes halogenated alkanes) is 1. The summed E-state index contributed by atoms with van der Waals surface area (Å²) in [5.41, 5.74) is 7.02. The van der Waals surface area contributed by atoms with Gasteiger partial charge in [-0.15, -0.1) is 0 Å². The van der Waals surface area contributed by atoms with Crippen LogP contribution in [0.25, 0.3) is 0 Å². The average molecular weight is 494 g/mol. The van der Waals surface area contributed by atoms with E-state index in [9.17, 15) is 24.0 Å². The fraction of sp³-hybridized carbons (Fsp3) is 0.522. The molecular formula is C23H35N5O5S. The second-order valence-electron chi connectivity index (χ2n) is 7.84. The predicted octanol–water partition coefficient (Wildman–Crippen LogP) is 1.34. The third-order valence-corrected chi connectivity index (χ3v) is 5.47. The molecule has 0 aliphatic rings. The zero-order chi connectivity index (χ0) is 25.5. The third kappa shape index (κ3) is 11.8. The summed E-state index contributed by atoms with van der Waals surface area (Å²) < 4.78 is 0. The number of urea groups is 1. The molecule has 1 aromatic rings. The number of benzene rings is 1. The smallest absolute Gasteiger partial charge is 0.325 e. The van der Waals surface area contributed by atoms with E-state index in [2.05, 4.69) is 21.3 Å². The summed E-state index contributed by atoms with van der Waals surface area (Å²) in [6, 6.07) is 4.53. The number of carbonyl (C=O) groups is 5. The van der Waals surface area contributed by atoms with E-state index in [4.69, 9.17) is 5.73 Å². The van der Waals surface area contributed by atoms with Crippen LogP contribution in [-0.2, 0) is 25.6 Å². The lowest BCUT2D eigenvalue weighted by atomic mass is 10.1. The molecule has 6 N–H and O–H groups in total. The lowest BCUT2D eigenvalue weighted by Gasteiger charge is -2.18. The fourth-order valence-electron chi connectivity index (χ4n) is 2.99. The zero-order valence-corrected chi connectivity index (χ0v) is 20.8. The Labute approximate surface area is 204 Å². The Kier molecular flexibility index (Phi) is 13.6. The number of nitrogens with two attached hydrogens (primary N) is 1. The van der Waals surface area contributed by atoms with Crippen molar-refractivity contribution in [3.63, 3.8) is 0 Å². The second kappa shape index (κ2) is 15.8. The Bertz CT molecular complexity index is 847. The molecule has 34 heavy (non-hydrogen) atoms. The first-order chi connectivity index (χ1) is 16.2. The van der Waals surface area contributed by atoms with Gasteiger partial charge in [0.15, 0.2) is 0 Å². The minimum absolute atomic E-state index is 0.0331. The van der Waals surface area contributed by atoms with Gasteiger partial charge in [0.1, 0.15) is 11.8 Å². The first-order valence-corrected chi connectivity index (χ1v) is 12.6. The highest BCUT2D eigenvalue weighted by Crippen LogP contribution is 2.10. The van der Waals surface area contributed by atoms with Crippen LogP contribution in [0.4, 0.5) is 10.5 Å². The van der Waals surface area contributed by atoms with Crippen molar-refractivity contribution in [3.05, 3.63) is 29.8 Å². The van der Waals surface area contributed by atoms with Crippen LogP contribution < -0.4 is 27.0 Å². The first kappa shape index (κ1) is 29.1. The summed E-state index contributed by atoms with van der Waals surface area (Å²) in [7, 11) is 0. The molecule has 5 amide bonds. The van der Waals surface area contributed by atoms with E-state index in [1.165, 1.54) is 18.7 Å². The number of rotatable bonds is 14. The van der Waals surface area contributed by atoms with E-state index < -0.39 is 24.0 Å². The number of ketones is 1. The molecule has 1 aromatic carbocycles. The summed E-state index contributed by atoms with van der Waals surface area (Å²) in [5, 5.41) is 10.2. The second-order valence-corrected chi connectivity index (χ2v) is 8.75. The monoisotopic (exact) mass is 493 g/mol. The van der Waals surface area contributed by atoms with Gasteiger partial charge in [-0.2, -0.15) is 11.8 Å². The standard InChI is InChI=1S/C23H35N5O5S/c1-4-20(30)27-19(7-5-6-12-25-21(31)18(24)14-34-3)22(32)28-23(33)26-17-10-8-16(9-11-17)13-15(2)29/h8-11,18-19H,4-7,12-14,24H2,1-3H3,(H,25,31)(H,27,30)(H2,26,28,32,33). The van der Waals surface area contributed by atoms with E-state index in [-0.39, 0.29) is 24.0 Å². The van der Waals surface area contributed by atoms with Crippen molar-refractivity contribution in [3.8, 4) is 0 Å². The average Bonchev–Trinajstić information content (AvgIpc) is 2.78. The minimum Gasteiger partial charge on any atom is -0.355 e. The van der Waals surface area contributed by atoms with Crippen LogP contribution in [0.15, 0.2) is 24.3 Å². The van der Waals surface area contributed by atoms with Crippen molar-refractivity contribution in [1.82, 2.24) is 16.0 Å². The Morgan fingerprint density at radius 3 is 2.29 bits per heavy atom. The summed E-state index contributed by atoms with van der Waals surface area (Å²) in [5.74, 6) is -0.599. The van der Waals surface area contributed by atoms with Crippen LogP contribution in [-0.4, -0.2) is 60.2 Å².